The van der Waals surface area contributed by atoms with Crippen molar-refractivity contribution in [2.45, 2.75) is 10.6 Å². The van der Waals surface area contributed by atoms with Crippen LogP contribution in [0.3, 0.4) is 0 Å². The molecule has 0 aliphatic rings. The zero-order valence-corrected chi connectivity index (χ0v) is 12.4. The maximum Gasteiger partial charge on any atom is 0.337 e. The van der Waals surface area contributed by atoms with Crippen molar-refractivity contribution in [3.05, 3.63) is 65.2 Å². The Balaban J connectivity index is 2.26. The predicted octanol–water partition coefficient (Wildman–Crippen LogP) is 2.86. The number of amides is 1. The molecule has 2 rings (SSSR count). The molecule has 0 spiro atoms. The third-order valence-electron chi connectivity index (χ3n) is 2.91. The number of nitrogens with two attached hydrogens (primary N) is 1. The summed E-state index contributed by atoms with van der Waals surface area (Å²) in [6.45, 7) is 0. The van der Waals surface area contributed by atoms with Crippen LogP contribution in [0.2, 0.25) is 0 Å². The van der Waals surface area contributed by atoms with Gasteiger partial charge in [0.05, 0.1) is 18.2 Å². The van der Waals surface area contributed by atoms with Crippen molar-refractivity contribution in [2.75, 3.05) is 7.11 Å². The minimum Gasteiger partial charge on any atom is -0.465 e. The van der Waals surface area contributed by atoms with Crippen LogP contribution in [0.4, 0.5) is 0 Å². The fourth-order valence-corrected chi connectivity index (χ4v) is 2.87. The molecule has 0 atom stereocenters. The van der Waals surface area contributed by atoms with Gasteiger partial charge in [-0.3, -0.25) is 4.79 Å². The predicted molar refractivity (Wildman–Crippen MR) is 82.3 cm³/mol. The molecule has 2 aromatic carbocycles. The van der Waals surface area contributed by atoms with Gasteiger partial charge in [0.15, 0.2) is 0 Å². The lowest BCUT2D eigenvalue weighted by Crippen LogP contribution is -2.13. The van der Waals surface area contributed by atoms with Gasteiger partial charge in [-0.05, 0) is 23.8 Å². The molecule has 0 unspecified atom stereocenters. The Morgan fingerprint density at radius 2 is 1.86 bits per heavy atom. The number of methoxy groups -OCH3 is 1. The van der Waals surface area contributed by atoms with Gasteiger partial charge in [0, 0.05) is 10.6 Å². The average Bonchev–Trinajstić information content (AvgIpc) is 2.52. The molecule has 108 valence electrons. The van der Waals surface area contributed by atoms with Crippen molar-refractivity contribution in [3.63, 3.8) is 0 Å². The van der Waals surface area contributed by atoms with Crippen molar-refractivity contribution >= 4 is 23.6 Å². The molecule has 0 saturated carbocycles. The molecular weight excluding hydrogens is 286 g/mol. The summed E-state index contributed by atoms with van der Waals surface area (Å²) in [6, 6.07) is 14.6. The number of primary amides is 1. The number of ether oxygens (including phenoxy) is 1. The summed E-state index contributed by atoms with van der Waals surface area (Å²) in [5, 5.41) is 0. The number of rotatable bonds is 5. The van der Waals surface area contributed by atoms with Crippen molar-refractivity contribution in [1.29, 1.82) is 0 Å². The van der Waals surface area contributed by atoms with E-state index in [2.05, 4.69) is 0 Å². The Kier molecular flexibility index (Phi) is 5.00. The van der Waals surface area contributed by atoms with E-state index in [-0.39, 0.29) is 0 Å². The number of carbonyl (C=O) groups excluding carboxylic acids is 2. The lowest BCUT2D eigenvalue weighted by molar-refractivity contribution is 0.0600. The summed E-state index contributed by atoms with van der Waals surface area (Å²) in [7, 11) is 1.32. The first kappa shape index (κ1) is 15.1. The number of hydrogen-bond donors (Lipinski definition) is 1. The summed E-state index contributed by atoms with van der Waals surface area (Å²) in [4.78, 5) is 23.7. The summed E-state index contributed by atoms with van der Waals surface area (Å²) in [5.74, 6) is -0.263. The van der Waals surface area contributed by atoms with Crippen LogP contribution in [-0.4, -0.2) is 19.0 Å². The van der Waals surface area contributed by atoms with Crippen LogP contribution in [0, 0.1) is 0 Å². The van der Waals surface area contributed by atoms with E-state index in [9.17, 15) is 9.59 Å². The standard InChI is InChI=1S/C16H15NO3S/c1-20-16(19)12-7-8-13(15(17)18)14(9-12)21-10-11-5-3-2-4-6-11/h2-9H,10H2,1H3,(H2,17,18). The molecule has 4 nitrogen and oxygen atoms in total. The summed E-state index contributed by atoms with van der Waals surface area (Å²) in [5.41, 5.74) is 7.31. The quantitative estimate of drug-likeness (QED) is 0.681. The molecule has 2 aromatic rings. The highest BCUT2D eigenvalue weighted by molar-refractivity contribution is 7.98. The van der Waals surface area contributed by atoms with Gasteiger partial charge in [-0.2, -0.15) is 0 Å². The summed E-state index contributed by atoms with van der Waals surface area (Å²) < 4.78 is 4.69. The monoisotopic (exact) mass is 301 g/mol. The molecular formula is C16H15NO3S. The van der Waals surface area contributed by atoms with Crippen LogP contribution in [-0.2, 0) is 10.5 Å². The molecule has 21 heavy (non-hydrogen) atoms. The second-order valence-corrected chi connectivity index (χ2v) is 5.36. The second kappa shape index (κ2) is 6.95. The first-order valence-electron chi connectivity index (χ1n) is 6.30. The van der Waals surface area contributed by atoms with E-state index in [4.69, 9.17) is 10.5 Å². The Morgan fingerprint density at radius 1 is 1.14 bits per heavy atom. The van der Waals surface area contributed by atoms with Crippen LogP contribution < -0.4 is 5.73 Å². The minimum atomic E-state index is -0.512. The van der Waals surface area contributed by atoms with Gasteiger partial charge in [-0.25, -0.2) is 4.79 Å². The van der Waals surface area contributed by atoms with Crippen LogP contribution in [0.25, 0.3) is 0 Å². The Hall–Kier alpha value is -2.27. The molecule has 2 N–H and O–H groups in total. The Bertz CT molecular complexity index is 656. The molecule has 0 saturated heterocycles. The third kappa shape index (κ3) is 3.86. The van der Waals surface area contributed by atoms with Gasteiger partial charge >= 0.3 is 5.97 Å². The van der Waals surface area contributed by atoms with Gasteiger partial charge in [-0.1, -0.05) is 30.3 Å². The van der Waals surface area contributed by atoms with E-state index >= 15 is 0 Å². The zero-order chi connectivity index (χ0) is 15.2. The molecule has 0 aliphatic carbocycles. The van der Waals surface area contributed by atoms with E-state index in [0.717, 1.165) is 5.56 Å². The largest absolute Gasteiger partial charge is 0.465 e. The molecule has 0 aromatic heterocycles. The Morgan fingerprint density at radius 3 is 2.48 bits per heavy atom. The molecule has 5 heteroatoms. The molecule has 0 heterocycles. The summed E-state index contributed by atoms with van der Waals surface area (Å²) >= 11 is 1.46. The third-order valence-corrected chi connectivity index (χ3v) is 4.03. The molecule has 0 bridgehead atoms. The zero-order valence-electron chi connectivity index (χ0n) is 11.5. The first-order valence-corrected chi connectivity index (χ1v) is 7.29. The second-order valence-electron chi connectivity index (χ2n) is 4.34. The molecule has 0 fully saturated rings. The minimum absolute atomic E-state index is 0.401. The van der Waals surface area contributed by atoms with Gasteiger partial charge in [0.25, 0.3) is 0 Å². The van der Waals surface area contributed by atoms with Gasteiger partial charge in [0.2, 0.25) is 5.91 Å². The van der Waals surface area contributed by atoms with Crippen LogP contribution in [0.5, 0.6) is 0 Å². The molecule has 0 radical (unpaired) electrons. The van der Waals surface area contributed by atoms with E-state index in [1.54, 1.807) is 18.2 Å². The fourth-order valence-electron chi connectivity index (χ4n) is 1.83. The lowest BCUT2D eigenvalue weighted by atomic mass is 10.1. The van der Waals surface area contributed by atoms with Crippen molar-refractivity contribution in [1.82, 2.24) is 0 Å². The van der Waals surface area contributed by atoms with Gasteiger partial charge in [0.1, 0.15) is 0 Å². The number of esters is 1. The molecule has 0 aliphatic heterocycles. The average molecular weight is 301 g/mol. The van der Waals surface area contributed by atoms with Crippen molar-refractivity contribution in [2.24, 2.45) is 5.73 Å². The smallest absolute Gasteiger partial charge is 0.337 e. The van der Waals surface area contributed by atoms with E-state index in [1.807, 2.05) is 30.3 Å². The van der Waals surface area contributed by atoms with Crippen LogP contribution in [0.15, 0.2) is 53.4 Å². The lowest BCUT2D eigenvalue weighted by Gasteiger charge is -2.08. The topological polar surface area (TPSA) is 69.4 Å². The highest BCUT2D eigenvalue weighted by Gasteiger charge is 2.13. The van der Waals surface area contributed by atoms with Crippen molar-refractivity contribution in [3.8, 4) is 0 Å². The van der Waals surface area contributed by atoms with Crippen LogP contribution >= 0.6 is 11.8 Å². The maximum atomic E-state index is 11.6. The highest BCUT2D eigenvalue weighted by atomic mass is 32.2. The number of hydrogen-bond acceptors (Lipinski definition) is 4. The maximum absolute atomic E-state index is 11.6. The number of benzene rings is 2. The van der Waals surface area contributed by atoms with Crippen molar-refractivity contribution < 1.29 is 14.3 Å². The van der Waals surface area contributed by atoms with E-state index < -0.39 is 11.9 Å². The van der Waals surface area contributed by atoms with Gasteiger partial charge < -0.3 is 10.5 Å². The van der Waals surface area contributed by atoms with E-state index in [0.29, 0.717) is 21.8 Å². The Labute approximate surface area is 127 Å². The SMILES string of the molecule is COC(=O)c1ccc(C(N)=O)c(SCc2ccccc2)c1. The first-order chi connectivity index (χ1) is 10.1. The normalized spacial score (nSPS) is 10.1. The fraction of sp³-hybridized carbons (Fsp3) is 0.125. The summed E-state index contributed by atoms with van der Waals surface area (Å²) in [6.07, 6.45) is 0. The van der Waals surface area contributed by atoms with Crippen LogP contribution in [0.1, 0.15) is 26.3 Å². The number of thioether (sulfide) groups is 1. The van der Waals surface area contributed by atoms with Gasteiger partial charge in [-0.15, -0.1) is 11.8 Å². The van der Waals surface area contributed by atoms with E-state index in [1.165, 1.54) is 18.9 Å². The molecule has 1 amide bonds. The highest BCUT2D eigenvalue weighted by Crippen LogP contribution is 2.27. The number of carbonyl (C=O) groups is 2.